The number of rotatable bonds is 5. The number of nitrogens with one attached hydrogen (secondary N) is 2. The normalized spacial score (nSPS) is 13.2. The monoisotopic (exact) mass is 285 g/mol. The lowest BCUT2D eigenvalue weighted by molar-refractivity contribution is 0.791. The van der Waals surface area contributed by atoms with Crippen molar-refractivity contribution in [3.05, 3.63) is 34.9 Å². The van der Waals surface area contributed by atoms with Gasteiger partial charge < -0.3 is 10.6 Å². The predicted molar refractivity (Wildman–Crippen MR) is 82.6 cm³/mol. The molecule has 18 heavy (non-hydrogen) atoms. The third-order valence-corrected chi connectivity index (χ3v) is 3.93. The number of thioether (sulfide) groups is 1. The van der Waals surface area contributed by atoms with Crippen LogP contribution in [-0.2, 0) is 6.54 Å². The average molecular weight is 286 g/mol. The first-order chi connectivity index (χ1) is 8.67. The molecular formula is C13H20ClN3S. The van der Waals surface area contributed by atoms with Gasteiger partial charge in [-0.1, -0.05) is 36.7 Å². The summed E-state index contributed by atoms with van der Waals surface area (Å²) >= 11 is 7.93. The van der Waals surface area contributed by atoms with E-state index in [9.17, 15) is 0 Å². The lowest BCUT2D eigenvalue weighted by Gasteiger charge is -2.15. The van der Waals surface area contributed by atoms with Crippen LogP contribution < -0.4 is 10.6 Å². The van der Waals surface area contributed by atoms with Crippen LogP contribution in [0.4, 0.5) is 0 Å². The number of guanidine groups is 1. The SMILES string of the molecule is CN=C(NCc1ccccc1Cl)NCC(C)SC. The zero-order valence-electron chi connectivity index (χ0n) is 11.0. The molecule has 1 aromatic carbocycles. The number of aliphatic imine (C=N–C) groups is 1. The molecule has 1 aromatic rings. The molecule has 5 heteroatoms. The van der Waals surface area contributed by atoms with Crippen molar-refractivity contribution >= 4 is 29.3 Å². The standard InChI is InChI=1S/C13H20ClN3S/c1-10(18-3)8-16-13(15-2)17-9-11-6-4-5-7-12(11)14/h4-7,10H,8-9H2,1-3H3,(H2,15,16,17). The number of benzene rings is 1. The van der Waals surface area contributed by atoms with Crippen LogP contribution in [0.15, 0.2) is 29.3 Å². The summed E-state index contributed by atoms with van der Waals surface area (Å²) in [6.45, 7) is 3.75. The van der Waals surface area contributed by atoms with E-state index in [0.29, 0.717) is 11.8 Å². The van der Waals surface area contributed by atoms with E-state index < -0.39 is 0 Å². The molecule has 0 aromatic heterocycles. The van der Waals surface area contributed by atoms with Crippen LogP contribution in [0.25, 0.3) is 0 Å². The maximum Gasteiger partial charge on any atom is 0.191 e. The maximum absolute atomic E-state index is 6.10. The fourth-order valence-corrected chi connectivity index (χ4v) is 1.82. The van der Waals surface area contributed by atoms with Gasteiger partial charge in [-0.3, -0.25) is 4.99 Å². The third kappa shape index (κ3) is 5.19. The molecule has 1 unspecified atom stereocenters. The molecule has 0 aliphatic rings. The Morgan fingerprint density at radius 2 is 2.11 bits per heavy atom. The molecule has 0 saturated heterocycles. The molecule has 0 aliphatic carbocycles. The predicted octanol–water partition coefficient (Wildman–Crippen LogP) is 2.76. The Morgan fingerprint density at radius 3 is 2.72 bits per heavy atom. The van der Waals surface area contributed by atoms with Crippen molar-refractivity contribution in [1.82, 2.24) is 10.6 Å². The van der Waals surface area contributed by atoms with E-state index in [-0.39, 0.29) is 0 Å². The lowest BCUT2D eigenvalue weighted by Crippen LogP contribution is -2.39. The number of hydrogen-bond donors (Lipinski definition) is 2. The highest BCUT2D eigenvalue weighted by Crippen LogP contribution is 2.14. The van der Waals surface area contributed by atoms with E-state index in [1.165, 1.54) is 0 Å². The summed E-state index contributed by atoms with van der Waals surface area (Å²) in [4.78, 5) is 4.18. The van der Waals surface area contributed by atoms with Crippen molar-refractivity contribution in [2.45, 2.75) is 18.7 Å². The summed E-state index contributed by atoms with van der Waals surface area (Å²) < 4.78 is 0. The van der Waals surface area contributed by atoms with Crippen molar-refractivity contribution < 1.29 is 0 Å². The zero-order chi connectivity index (χ0) is 13.4. The van der Waals surface area contributed by atoms with Crippen LogP contribution in [0.2, 0.25) is 5.02 Å². The molecule has 0 spiro atoms. The van der Waals surface area contributed by atoms with Crippen LogP contribution in [0, 0.1) is 0 Å². The van der Waals surface area contributed by atoms with E-state index in [4.69, 9.17) is 11.6 Å². The quantitative estimate of drug-likeness (QED) is 0.645. The van der Waals surface area contributed by atoms with Gasteiger partial charge in [0.25, 0.3) is 0 Å². The molecule has 100 valence electrons. The fraction of sp³-hybridized carbons (Fsp3) is 0.462. The van der Waals surface area contributed by atoms with Crippen molar-refractivity contribution in [2.75, 3.05) is 19.8 Å². The molecule has 0 bridgehead atoms. The molecule has 0 heterocycles. The second-order valence-electron chi connectivity index (χ2n) is 3.94. The van der Waals surface area contributed by atoms with Gasteiger partial charge in [-0.05, 0) is 17.9 Å². The van der Waals surface area contributed by atoms with Crippen molar-refractivity contribution in [2.24, 2.45) is 4.99 Å². The van der Waals surface area contributed by atoms with Gasteiger partial charge in [-0.2, -0.15) is 11.8 Å². The average Bonchev–Trinajstić information content (AvgIpc) is 2.40. The van der Waals surface area contributed by atoms with Gasteiger partial charge in [-0.15, -0.1) is 0 Å². The molecule has 2 N–H and O–H groups in total. The first-order valence-electron chi connectivity index (χ1n) is 5.88. The van der Waals surface area contributed by atoms with Gasteiger partial charge in [0.15, 0.2) is 5.96 Å². The highest BCUT2D eigenvalue weighted by atomic mass is 35.5. The van der Waals surface area contributed by atoms with E-state index in [1.54, 1.807) is 7.05 Å². The Bertz CT molecular complexity index is 396. The van der Waals surface area contributed by atoms with Gasteiger partial charge in [0.2, 0.25) is 0 Å². The topological polar surface area (TPSA) is 36.4 Å². The number of hydrogen-bond acceptors (Lipinski definition) is 2. The lowest BCUT2D eigenvalue weighted by atomic mass is 10.2. The molecule has 1 rings (SSSR count). The second kappa shape index (κ2) is 8.27. The summed E-state index contributed by atoms with van der Waals surface area (Å²) in [6, 6.07) is 7.81. The van der Waals surface area contributed by atoms with Crippen LogP contribution in [0.5, 0.6) is 0 Å². The Morgan fingerprint density at radius 1 is 1.39 bits per heavy atom. The first-order valence-corrected chi connectivity index (χ1v) is 7.54. The van der Waals surface area contributed by atoms with Crippen molar-refractivity contribution in [3.8, 4) is 0 Å². The minimum Gasteiger partial charge on any atom is -0.355 e. The molecule has 0 saturated carbocycles. The second-order valence-corrected chi connectivity index (χ2v) is 5.63. The number of halogens is 1. The Balaban J connectivity index is 2.43. The van der Waals surface area contributed by atoms with Crippen LogP contribution in [-0.4, -0.2) is 31.1 Å². The van der Waals surface area contributed by atoms with Gasteiger partial charge in [0, 0.05) is 30.4 Å². The van der Waals surface area contributed by atoms with E-state index >= 15 is 0 Å². The minimum atomic E-state index is 0.559. The highest BCUT2D eigenvalue weighted by molar-refractivity contribution is 7.99. The van der Waals surface area contributed by atoms with Crippen LogP contribution >= 0.6 is 23.4 Å². The van der Waals surface area contributed by atoms with Gasteiger partial charge >= 0.3 is 0 Å². The third-order valence-electron chi connectivity index (χ3n) is 2.59. The Hall–Kier alpha value is -0.870. The Labute approximate surface area is 118 Å². The van der Waals surface area contributed by atoms with E-state index in [0.717, 1.165) is 23.1 Å². The zero-order valence-corrected chi connectivity index (χ0v) is 12.6. The largest absolute Gasteiger partial charge is 0.355 e. The van der Waals surface area contributed by atoms with Crippen LogP contribution in [0.1, 0.15) is 12.5 Å². The van der Waals surface area contributed by atoms with Crippen molar-refractivity contribution in [1.29, 1.82) is 0 Å². The minimum absolute atomic E-state index is 0.559. The molecule has 0 aliphatic heterocycles. The molecule has 0 amide bonds. The summed E-state index contributed by atoms with van der Waals surface area (Å²) in [5, 5.41) is 7.87. The van der Waals surface area contributed by atoms with Gasteiger partial charge in [-0.25, -0.2) is 0 Å². The molecule has 3 nitrogen and oxygen atoms in total. The van der Waals surface area contributed by atoms with Gasteiger partial charge in [0.1, 0.15) is 0 Å². The van der Waals surface area contributed by atoms with Crippen molar-refractivity contribution in [3.63, 3.8) is 0 Å². The maximum atomic E-state index is 6.10. The number of nitrogens with zero attached hydrogens (tertiary/aromatic N) is 1. The first kappa shape index (κ1) is 15.2. The fourth-order valence-electron chi connectivity index (χ4n) is 1.37. The Kier molecular flexibility index (Phi) is 6.98. The molecule has 1 atom stereocenters. The van der Waals surface area contributed by atoms with Crippen LogP contribution in [0.3, 0.4) is 0 Å². The summed E-state index contributed by atoms with van der Waals surface area (Å²) in [6.07, 6.45) is 2.10. The molecule has 0 radical (unpaired) electrons. The summed E-state index contributed by atoms with van der Waals surface area (Å²) in [5.74, 6) is 0.802. The van der Waals surface area contributed by atoms with Gasteiger partial charge in [0.05, 0.1) is 0 Å². The molecule has 0 fully saturated rings. The van der Waals surface area contributed by atoms with E-state index in [2.05, 4.69) is 28.8 Å². The summed E-state index contributed by atoms with van der Waals surface area (Å²) in [7, 11) is 1.77. The molecular weight excluding hydrogens is 266 g/mol. The highest BCUT2D eigenvalue weighted by Gasteiger charge is 2.03. The smallest absolute Gasteiger partial charge is 0.191 e. The summed E-state index contributed by atoms with van der Waals surface area (Å²) in [5.41, 5.74) is 1.07. The van der Waals surface area contributed by atoms with E-state index in [1.807, 2.05) is 36.0 Å².